The molecule has 0 aliphatic carbocycles. The molecule has 0 unspecified atom stereocenters. The summed E-state index contributed by atoms with van der Waals surface area (Å²) in [6, 6.07) is 9.49. The molecule has 2 aromatic heterocycles. The Bertz CT molecular complexity index is 1390. The molecule has 1 aliphatic heterocycles. The van der Waals surface area contributed by atoms with Crippen molar-refractivity contribution >= 4 is 57.1 Å². The van der Waals surface area contributed by atoms with E-state index in [9.17, 15) is 14.4 Å². The minimum atomic E-state index is -0.491. The van der Waals surface area contributed by atoms with E-state index >= 15 is 0 Å². The van der Waals surface area contributed by atoms with Gasteiger partial charge in [0.2, 0.25) is 5.91 Å². The fraction of sp³-hybridized carbons (Fsp3) is 0.296. The first-order valence-electron chi connectivity index (χ1n) is 12.1. The van der Waals surface area contributed by atoms with Gasteiger partial charge in [0.05, 0.1) is 18.6 Å². The van der Waals surface area contributed by atoms with Crippen LogP contribution in [0.1, 0.15) is 36.7 Å². The van der Waals surface area contributed by atoms with E-state index in [1.807, 2.05) is 49.6 Å². The molecule has 1 N–H and O–H groups in total. The lowest BCUT2D eigenvalue weighted by Crippen LogP contribution is -2.34. The van der Waals surface area contributed by atoms with Gasteiger partial charge in [0.15, 0.2) is 5.17 Å². The number of aryl methyl sites for hydroxylation is 1. The van der Waals surface area contributed by atoms with Gasteiger partial charge in [0, 0.05) is 36.3 Å². The van der Waals surface area contributed by atoms with Crippen LogP contribution in [0, 0.1) is 5.92 Å². The number of thiophene rings is 1. The number of amidine groups is 1. The highest BCUT2D eigenvalue weighted by Gasteiger charge is 2.31. The van der Waals surface area contributed by atoms with Gasteiger partial charge in [-0.2, -0.15) is 5.10 Å². The Morgan fingerprint density at radius 3 is 2.66 bits per heavy atom. The molecule has 38 heavy (non-hydrogen) atoms. The van der Waals surface area contributed by atoms with Gasteiger partial charge < -0.3 is 10.1 Å². The van der Waals surface area contributed by atoms with E-state index in [2.05, 4.69) is 15.4 Å². The van der Waals surface area contributed by atoms with Crippen molar-refractivity contribution in [2.45, 2.75) is 20.8 Å². The van der Waals surface area contributed by atoms with Crippen molar-refractivity contribution in [2.24, 2.45) is 18.0 Å². The van der Waals surface area contributed by atoms with Gasteiger partial charge in [-0.3, -0.25) is 19.2 Å². The smallest absolute Gasteiger partial charge is 0.341 e. The summed E-state index contributed by atoms with van der Waals surface area (Å²) in [5.74, 6) is -0.783. The second kappa shape index (κ2) is 12.2. The van der Waals surface area contributed by atoms with E-state index in [1.165, 1.54) is 23.1 Å². The zero-order valence-corrected chi connectivity index (χ0v) is 23.3. The first kappa shape index (κ1) is 27.3. The monoisotopic (exact) mass is 551 g/mol. The number of hydrogen-bond acceptors (Lipinski definition) is 8. The van der Waals surface area contributed by atoms with E-state index in [0.717, 1.165) is 11.1 Å². The SMILES string of the molecule is CCOC(=O)c1c(-c2ccccc2)csc1NC(=O)CSC1=NC(=Cc2cnn(C)c2)C(=O)N1CC(C)C. The second-order valence-electron chi connectivity index (χ2n) is 8.96. The van der Waals surface area contributed by atoms with Crippen LogP contribution >= 0.6 is 23.1 Å². The summed E-state index contributed by atoms with van der Waals surface area (Å²) >= 11 is 2.45. The van der Waals surface area contributed by atoms with Crippen LogP contribution in [0.15, 0.2) is 58.8 Å². The summed E-state index contributed by atoms with van der Waals surface area (Å²) in [6.45, 7) is 6.48. The van der Waals surface area contributed by atoms with E-state index in [-0.39, 0.29) is 30.1 Å². The minimum Gasteiger partial charge on any atom is -0.462 e. The first-order valence-corrected chi connectivity index (χ1v) is 14.0. The molecule has 0 bridgehead atoms. The predicted molar refractivity (Wildman–Crippen MR) is 152 cm³/mol. The molecule has 0 atom stereocenters. The summed E-state index contributed by atoms with van der Waals surface area (Å²) in [6.07, 6.45) is 5.15. The number of nitrogens with zero attached hydrogens (tertiary/aromatic N) is 4. The Hall–Kier alpha value is -3.70. The molecule has 0 saturated heterocycles. The average Bonchev–Trinajstić information content (AvgIpc) is 3.57. The number of rotatable bonds is 9. The van der Waals surface area contributed by atoms with Crippen molar-refractivity contribution in [2.75, 3.05) is 24.2 Å². The lowest BCUT2D eigenvalue weighted by molar-refractivity contribution is -0.123. The fourth-order valence-electron chi connectivity index (χ4n) is 3.82. The molecule has 11 heteroatoms. The topological polar surface area (TPSA) is 106 Å². The number of carbonyl (C=O) groups is 3. The summed E-state index contributed by atoms with van der Waals surface area (Å²) in [4.78, 5) is 45.0. The van der Waals surface area contributed by atoms with Crippen LogP contribution in [-0.4, -0.2) is 56.5 Å². The number of esters is 1. The number of benzene rings is 1. The number of anilines is 1. The van der Waals surface area contributed by atoms with Crippen LogP contribution in [0.3, 0.4) is 0 Å². The van der Waals surface area contributed by atoms with Crippen LogP contribution in [0.25, 0.3) is 17.2 Å². The average molecular weight is 552 g/mol. The Morgan fingerprint density at radius 1 is 1.24 bits per heavy atom. The number of hydrogen-bond donors (Lipinski definition) is 1. The maximum atomic E-state index is 13.1. The summed E-state index contributed by atoms with van der Waals surface area (Å²) in [5.41, 5.74) is 2.97. The number of nitrogens with one attached hydrogen (secondary N) is 1. The predicted octanol–water partition coefficient (Wildman–Crippen LogP) is 4.89. The Kier molecular flexibility index (Phi) is 8.80. The molecule has 3 heterocycles. The van der Waals surface area contributed by atoms with Gasteiger partial charge >= 0.3 is 5.97 Å². The number of ether oxygens (including phenoxy) is 1. The second-order valence-corrected chi connectivity index (χ2v) is 10.8. The van der Waals surface area contributed by atoms with Crippen LogP contribution in [-0.2, 0) is 21.4 Å². The number of aromatic nitrogens is 2. The molecule has 0 spiro atoms. The molecule has 0 saturated carbocycles. The summed E-state index contributed by atoms with van der Waals surface area (Å²) < 4.78 is 6.93. The lowest BCUT2D eigenvalue weighted by Gasteiger charge is -2.19. The summed E-state index contributed by atoms with van der Waals surface area (Å²) in [7, 11) is 1.80. The van der Waals surface area contributed by atoms with Gasteiger partial charge in [-0.15, -0.1) is 11.3 Å². The molecule has 198 valence electrons. The zero-order chi connectivity index (χ0) is 27.2. The molecule has 9 nitrogen and oxygen atoms in total. The normalized spacial score (nSPS) is 14.3. The van der Waals surface area contributed by atoms with Crippen molar-refractivity contribution in [3.63, 3.8) is 0 Å². The number of carbonyl (C=O) groups excluding carboxylic acids is 3. The quantitative estimate of drug-likeness (QED) is 0.300. The van der Waals surface area contributed by atoms with Crippen LogP contribution in [0.5, 0.6) is 0 Å². The van der Waals surface area contributed by atoms with Crippen LogP contribution in [0.2, 0.25) is 0 Å². The Balaban J connectivity index is 1.51. The molecular weight excluding hydrogens is 522 g/mol. The highest BCUT2D eigenvalue weighted by atomic mass is 32.2. The van der Waals surface area contributed by atoms with E-state index in [1.54, 1.807) is 42.0 Å². The third kappa shape index (κ3) is 6.40. The Labute approximate surface area is 229 Å². The molecule has 2 amide bonds. The van der Waals surface area contributed by atoms with Gasteiger partial charge in [-0.1, -0.05) is 55.9 Å². The van der Waals surface area contributed by atoms with Gasteiger partial charge in [0.25, 0.3) is 5.91 Å². The van der Waals surface area contributed by atoms with Gasteiger partial charge in [0.1, 0.15) is 16.3 Å². The molecule has 3 aromatic rings. The molecule has 4 rings (SSSR count). The maximum Gasteiger partial charge on any atom is 0.341 e. The van der Waals surface area contributed by atoms with E-state index < -0.39 is 5.97 Å². The van der Waals surface area contributed by atoms with Crippen molar-refractivity contribution in [1.29, 1.82) is 0 Å². The first-order chi connectivity index (χ1) is 18.3. The van der Waals surface area contributed by atoms with Crippen molar-refractivity contribution in [3.05, 3.63) is 64.9 Å². The lowest BCUT2D eigenvalue weighted by atomic mass is 10.0. The van der Waals surface area contributed by atoms with E-state index in [4.69, 9.17) is 4.74 Å². The van der Waals surface area contributed by atoms with Crippen molar-refractivity contribution in [1.82, 2.24) is 14.7 Å². The standard InChI is InChI=1S/C27H29N5O4S2/c1-5-36-26(35)23-20(19-9-7-6-8-10-19)15-37-24(23)30-22(33)16-38-27-29-21(11-18-12-28-31(4)14-18)25(34)32(27)13-17(2)3/h6-12,14-15,17H,5,13,16H2,1-4H3,(H,30,33). The summed E-state index contributed by atoms with van der Waals surface area (Å²) in [5, 5.41) is 9.72. The highest BCUT2D eigenvalue weighted by Crippen LogP contribution is 2.36. The minimum absolute atomic E-state index is 0.0156. The van der Waals surface area contributed by atoms with Crippen LogP contribution in [0.4, 0.5) is 5.00 Å². The number of amides is 2. The highest BCUT2D eigenvalue weighted by molar-refractivity contribution is 8.14. The maximum absolute atomic E-state index is 13.1. The molecule has 1 aliphatic rings. The largest absolute Gasteiger partial charge is 0.462 e. The molecule has 0 radical (unpaired) electrons. The van der Waals surface area contributed by atoms with Crippen molar-refractivity contribution in [3.8, 4) is 11.1 Å². The van der Waals surface area contributed by atoms with E-state index in [0.29, 0.717) is 33.5 Å². The molecular formula is C27H29N5O4S2. The zero-order valence-electron chi connectivity index (χ0n) is 21.6. The third-order valence-corrected chi connectivity index (χ3v) is 7.30. The number of aliphatic imine (C=N–C) groups is 1. The van der Waals surface area contributed by atoms with Crippen LogP contribution < -0.4 is 5.32 Å². The molecule has 0 fully saturated rings. The third-order valence-electron chi connectivity index (χ3n) is 5.43. The molecule has 1 aromatic carbocycles. The Morgan fingerprint density at radius 2 is 2.00 bits per heavy atom. The fourth-order valence-corrected chi connectivity index (χ4v) is 5.60. The van der Waals surface area contributed by atoms with Gasteiger partial charge in [-0.05, 0) is 24.5 Å². The van der Waals surface area contributed by atoms with Crippen molar-refractivity contribution < 1.29 is 19.1 Å². The number of thioether (sulfide) groups is 1. The van der Waals surface area contributed by atoms with Gasteiger partial charge in [-0.25, -0.2) is 9.79 Å².